The van der Waals surface area contributed by atoms with Crippen molar-refractivity contribution < 1.29 is 4.42 Å². The lowest BCUT2D eigenvalue weighted by atomic mass is 10.2. The highest BCUT2D eigenvalue weighted by Crippen LogP contribution is 2.13. The van der Waals surface area contributed by atoms with Gasteiger partial charge in [0, 0.05) is 5.39 Å². The molecule has 0 N–H and O–H groups in total. The average molecular weight is 221 g/mol. The lowest BCUT2D eigenvalue weighted by Crippen LogP contribution is -1.82. The van der Waals surface area contributed by atoms with Crippen molar-refractivity contribution >= 4 is 23.1 Å². The summed E-state index contributed by atoms with van der Waals surface area (Å²) in [5.74, 6) is 0.833. The summed E-state index contributed by atoms with van der Waals surface area (Å²) in [6.07, 6.45) is 5.52. The number of pyridine rings is 1. The van der Waals surface area contributed by atoms with Crippen LogP contribution in [0.5, 0.6) is 0 Å². The van der Waals surface area contributed by atoms with Gasteiger partial charge in [0.2, 0.25) is 0 Å². The number of fused-ring (bicyclic) bond motifs is 1. The van der Waals surface area contributed by atoms with Gasteiger partial charge in [-0.1, -0.05) is 24.3 Å². The van der Waals surface area contributed by atoms with Crippen LogP contribution in [-0.4, -0.2) is 4.98 Å². The van der Waals surface area contributed by atoms with Crippen LogP contribution in [0.3, 0.4) is 0 Å². The van der Waals surface area contributed by atoms with Crippen LogP contribution in [0.2, 0.25) is 0 Å². The fourth-order valence-corrected chi connectivity index (χ4v) is 1.73. The molecule has 0 unspecified atom stereocenters. The molecule has 0 aliphatic carbocycles. The molecule has 3 rings (SSSR count). The van der Waals surface area contributed by atoms with E-state index in [-0.39, 0.29) is 0 Å². The van der Waals surface area contributed by atoms with Crippen LogP contribution < -0.4 is 0 Å². The third-order valence-electron chi connectivity index (χ3n) is 2.58. The predicted molar refractivity (Wildman–Crippen MR) is 69.4 cm³/mol. The molecule has 0 bridgehead atoms. The Labute approximate surface area is 99.2 Å². The van der Waals surface area contributed by atoms with E-state index in [1.54, 1.807) is 6.26 Å². The molecule has 2 heterocycles. The Morgan fingerprint density at radius 3 is 2.71 bits per heavy atom. The Morgan fingerprint density at radius 2 is 1.82 bits per heavy atom. The zero-order valence-corrected chi connectivity index (χ0v) is 9.21. The number of para-hydroxylation sites is 1. The van der Waals surface area contributed by atoms with E-state index in [9.17, 15) is 0 Å². The van der Waals surface area contributed by atoms with Crippen LogP contribution in [0.1, 0.15) is 11.5 Å². The molecular formula is C15H11NO. The Morgan fingerprint density at radius 1 is 0.882 bits per heavy atom. The highest BCUT2D eigenvalue weighted by Gasteiger charge is 1.95. The van der Waals surface area contributed by atoms with Crippen molar-refractivity contribution in [2.45, 2.75) is 0 Å². The maximum Gasteiger partial charge on any atom is 0.126 e. The molecule has 0 atom stereocenters. The van der Waals surface area contributed by atoms with Crippen LogP contribution in [-0.2, 0) is 0 Å². The molecule has 2 heteroatoms. The molecule has 2 nitrogen and oxygen atoms in total. The SMILES string of the molecule is C(=C\c1ccco1)/c1ccc2ccccc2n1. The topological polar surface area (TPSA) is 26.0 Å². The second-order valence-electron chi connectivity index (χ2n) is 3.78. The van der Waals surface area contributed by atoms with Gasteiger partial charge in [0.05, 0.1) is 17.5 Å². The first-order valence-corrected chi connectivity index (χ1v) is 5.49. The lowest BCUT2D eigenvalue weighted by molar-refractivity contribution is 0.557. The van der Waals surface area contributed by atoms with Gasteiger partial charge in [0.15, 0.2) is 0 Å². The molecule has 0 spiro atoms. The first kappa shape index (κ1) is 9.85. The maximum atomic E-state index is 5.23. The van der Waals surface area contributed by atoms with Crippen molar-refractivity contribution in [3.63, 3.8) is 0 Å². The van der Waals surface area contributed by atoms with E-state index in [1.165, 1.54) is 0 Å². The van der Waals surface area contributed by atoms with Gasteiger partial charge in [-0.3, -0.25) is 0 Å². The molecule has 1 aromatic carbocycles. The summed E-state index contributed by atoms with van der Waals surface area (Å²) >= 11 is 0. The summed E-state index contributed by atoms with van der Waals surface area (Å²) in [5.41, 5.74) is 1.94. The van der Waals surface area contributed by atoms with Gasteiger partial charge in [-0.15, -0.1) is 0 Å². The van der Waals surface area contributed by atoms with Crippen LogP contribution >= 0.6 is 0 Å². The number of hydrogen-bond donors (Lipinski definition) is 0. The highest BCUT2D eigenvalue weighted by atomic mass is 16.3. The number of aromatic nitrogens is 1. The van der Waals surface area contributed by atoms with E-state index in [0.717, 1.165) is 22.4 Å². The van der Waals surface area contributed by atoms with Gasteiger partial charge >= 0.3 is 0 Å². The minimum atomic E-state index is 0.833. The molecule has 0 amide bonds. The summed E-state index contributed by atoms with van der Waals surface area (Å²) in [7, 11) is 0. The number of hydrogen-bond acceptors (Lipinski definition) is 2. The van der Waals surface area contributed by atoms with Crippen molar-refractivity contribution in [1.29, 1.82) is 0 Å². The molecule has 0 fully saturated rings. The average Bonchev–Trinajstić information content (AvgIpc) is 2.89. The summed E-state index contributed by atoms with van der Waals surface area (Å²) in [4.78, 5) is 4.55. The summed E-state index contributed by atoms with van der Waals surface area (Å²) < 4.78 is 5.23. The van der Waals surface area contributed by atoms with Crippen LogP contribution in [0.25, 0.3) is 23.1 Å². The van der Waals surface area contributed by atoms with Crippen molar-refractivity contribution in [2.75, 3.05) is 0 Å². The minimum absolute atomic E-state index is 0.833. The Bertz CT molecular complexity index is 654. The van der Waals surface area contributed by atoms with Gasteiger partial charge in [0.1, 0.15) is 5.76 Å². The predicted octanol–water partition coefficient (Wildman–Crippen LogP) is 4.00. The van der Waals surface area contributed by atoms with Crippen LogP contribution in [0.4, 0.5) is 0 Å². The monoisotopic (exact) mass is 221 g/mol. The van der Waals surface area contributed by atoms with Gasteiger partial charge in [0.25, 0.3) is 0 Å². The second-order valence-corrected chi connectivity index (χ2v) is 3.78. The molecule has 0 saturated heterocycles. The third kappa shape index (κ3) is 2.11. The smallest absolute Gasteiger partial charge is 0.126 e. The molecule has 0 aliphatic rings. The third-order valence-corrected chi connectivity index (χ3v) is 2.58. The normalized spacial score (nSPS) is 11.3. The van der Waals surface area contributed by atoms with Crippen molar-refractivity contribution in [2.24, 2.45) is 0 Å². The first-order valence-electron chi connectivity index (χ1n) is 5.49. The Balaban J connectivity index is 1.96. The van der Waals surface area contributed by atoms with Crippen molar-refractivity contribution in [1.82, 2.24) is 4.98 Å². The molecular weight excluding hydrogens is 210 g/mol. The number of furan rings is 1. The molecule has 0 aliphatic heterocycles. The fraction of sp³-hybridized carbons (Fsp3) is 0. The largest absolute Gasteiger partial charge is 0.465 e. The molecule has 3 aromatic rings. The van der Waals surface area contributed by atoms with Gasteiger partial charge in [-0.25, -0.2) is 4.98 Å². The molecule has 82 valence electrons. The number of rotatable bonds is 2. The van der Waals surface area contributed by atoms with Crippen LogP contribution in [0.15, 0.2) is 59.2 Å². The van der Waals surface area contributed by atoms with E-state index in [2.05, 4.69) is 17.1 Å². The highest BCUT2D eigenvalue weighted by molar-refractivity contribution is 5.80. The Kier molecular flexibility index (Phi) is 2.47. The van der Waals surface area contributed by atoms with E-state index < -0.39 is 0 Å². The van der Waals surface area contributed by atoms with E-state index in [1.807, 2.05) is 48.6 Å². The minimum Gasteiger partial charge on any atom is -0.465 e. The van der Waals surface area contributed by atoms with E-state index in [0.29, 0.717) is 0 Å². The molecule has 0 radical (unpaired) electrons. The zero-order valence-electron chi connectivity index (χ0n) is 9.21. The first-order chi connectivity index (χ1) is 8.42. The molecule has 2 aromatic heterocycles. The number of nitrogens with zero attached hydrogens (tertiary/aromatic N) is 1. The second kappa shape index (κ2) is 4.26. The van der Waals surface area contributed by atoms with Crippen molar-refractivity contribution in [3.8, 4) is 0 Å². The van der Waals surface area contributed by atoms with Gasteiger partial charge in [-0.05, 0) is 36.4 Å². The van der Waals surface area contributed by atoms with Gasteiger partial charge in [-0.2, -0.15) is 0 Å². The number of benzene rings is 1. The molecule has 17 heavy (non-hydrogen) atoms. The zero-order chi connectivity index (χ0) is 11.5. The van der Waals surface area contributed by atoms with E-state index in [4.69, 9.17) is 4.42 Å². The lowest BCUT2D eigenvalue weighted by Gasteiger charge is -1.97. The summed E-state index contributed by atoms with van der Waals surface area (Å²) in [5, 5.41) is 1.16. The van der Waals surface area contributed by atoms with Crippen LogP contribution in [0, 0.1) is 0 Å². The summed E-state index contributed by atoms with van der Waals surface area (Å²) in [6.45, 7) is 0. The standard InChI is InChI=1S/C15H11NO/c1-2-6-15-12(4-1)7-8-13(16-15)9-10-14-5-3-11-17-14/h1-11H/b10-9+. The maximum absolute atomic E-state index is 5.23. The quantitative estimate of drug-likeness (QED) is 0.653. The Hall–Kier alpha value is -2.35. The molecule has 0 saturated carbocycles. The van der Waals surface area contributed by atoms with Crippen molar-refractivity contribution in [3.05, 3.63) is 66.2 Å². The van der Waals surface area contributed by atoms with E-state index >= 15 is 0 Å². The fourth-order valence-electron chi connectivity index (χ4n) is 1.73. The van der Waals surface area contributed by atoms with Gasteiger partial charge < -0.3 is 4.42 Å². The summed E-state index contributed by atoms with van der Waals surface area (Å²) in [6, 6.07) is 15.9.